The van der Waals surface area contributed by atoms with Crippen LogP contribution in [0.3, 0.4) is 0 Å². The summed E-state index contributed by atoms with van der Waals surface area (Å²) in [7, 11) is 0. The lowest BCUT2D eigenvalue weighted by molar-refractivity contribution is 0.409. The average molecular weight is 199 g/mol. The van der Waals surface area contributed by atoms with Crippen molar-refractivity contribution in [2.24, 2.45) is 16.6 Å². The van der Waals surface area contributed by atoms with E-state index < -0.39 is 0 Å². The van der Waals surface area contributed by atoms with E-state index in [1.54, 1.807) is 0 Å². The van der Waals surface area contributed by atoms with E-state index in [1.165, 1.54) is 0 Å². The van der Waals surface area contributed by atoms with Gasteiger partial charge in [-0.1, -0.05) is 27.7 Å². The second kappa shape index (κ2) is 7.65. The quantitative estimate of drug-likeness (QED) is 0.525. The number of rotatable bonds is 6. The van der Waals surface area contributed by atoms with Gasteiger partial charge in [0.25, 0.3) is 0 Å². The average Bonchev–Trinajstić information content (AvgIpc) is 2.14. The van der Waals surface area contributed by atoms with E-state index in [-0.39, 0.29) is 0 Å². The highest BCUT2D eigenvalue weighted by Crippen LogP contribution is 1.96. The van der Waals surface area contributed by atoms with Crippen LogP contribution in [-0.4, -0.2) is 30.5 Å². The summed E-state index contributed by atoms with van der Waals surface area (Å²) in [5.41, 5.74) is 5.91. The summed E-state index contributed by atoms with van der Waals surface area (Å²) >= 11 is 0. The molecule has 0 heterocycles. The molecule has 3 nitrogen and oxygen atoms in total. The first kappa shape index (κ1) is 13.3. The van der Waals surface area contributed by atoms with Crippen LogP contribution in [0.25, 0.3) is 0 Å². The van der Waals surface area contributed by atoms with Crippen molar-refractivity contribution in [3.8, 4) is 0 Å². The summed E-state index contributed by atoms with van der Waals surface area (Å²) in [5, 5.41) is 0. The summed E-state index contributed by atoms with van der Waals surface area (Å²) in [5.74, 6) is 1.29. The van der Waals surface area contributed by atoms with Crippen LogP contribution < -0.4 is 5.73 Å². The van der Waals surface area contributed by atoms with Crippen LogP contribution in [0.4, 0.5) is 0 Å². The fourth-order valence-corrected chi connectivity index (χ4v) is 1.26. The predicted octanol–water partition coefficient (Wildman–Crippen LogP) is 2.08. The Labute approximate surface area is 88.4 Å². The number of nitrogens with two attached hydrogens (primary N) is 1. The standard InChI is InChI=1S/C11H25N3/c1-5-7-14(8-6-2)11(12)13-9-10(3)4/h10H,5-9H2,1-4H3,(H2,12,13). The third-order valence-electron chi connectivity index (χ3n) is 1.93. The zero-order valence-electron chi connectivity index (χ0n) is 10.1. The molecular weight excluding hydrogens is 174 g/mol. The van der Waals surface area contributed by atoms with Gasteiger partial charge in [-0.2, -0.15) is 0 Å². The fourth-order valence-electron chi connectivity index (χ4n) is 1.26. The second-order valence-corrected chi connectivity index (χ2v) is 4.08. The highest BCUT2D eigenvalue weighted by Gasteiger charge is 2.04. The summed E-state index contributed by atoms with van der Waals surface area (Å²) in [6, 6.07) is 0. The fraction of sp³-hybridized carbons (Fsp3) is 0.909. The monoisotopic (exact) mass is 199 g/mol. The third-order valence-corrected chi connectivity index (χ3v) is 1.93. The molecule has 0 aromatic rings. The highest BCUT2D eigenvalue weighted by molar-refractivity contribution is 5.78. The van der Waals surface area contributed by atoms with Crippen LogP contribution in [0.15, 0.2) is 4.99 Å². The molecule has 0 radical (unpaired) electrons. The Morgan fingerprint density at radius 3 is 2.07 bits per heavy atom. The minimum absolute atomic E-state index is 0.582. The molecule has 0 atom stereocenters. The molecular formula is C11H25N3. The first-order valence-electron chi connectivity index (χ1n) is 5.66. The van der Waals surface area contributed by atoms with Gasteiger partial charge in [0.15, 0.2) is 5.96 Å². The largest absolute Gasteiger partial charge is 0.370 e. The van der Waals surface area contributed by atoms with E-state index in [0.717, 1.165) is 32.5 Å². The lowest BCUT2D eigenvalue weighted by atomic mass is 10.2. The van der Waals surface area contributed by atoms with Crippen molar-refractivity contribution in [1.29, 1.82) is 0 Å². The molecule has 0 saturated heterocycles. The highest BCUT2D eigenvalue weighted by atomic mass is 15.2. The molecule has 0 amide bonds. The van der Waals surface area contributed by atoms with E-state index in [1.807, 2.05) is 0 Å². The van der Waals surface area contributed by atoms with Gasteiger partial charge < -0.3 is 10.6 Å². The van der Waals surface area contributed by atoms with E-state index in [9.17, 15) is 0 Å². The van der Waals surface area contributed by atoms with Crippen LogP contribution in [0.1, 0.15) is 40.5 Å². The van der Waals surface area contributed by atoms with Gasteiger partial charge in [0.1, 0.15) is 0 Å². The first-order chi connectivity index (χ1) is 6.61. The SMILES string of the molecule is CCCN(CCC)C(N)=NCC(C)C. The van der Waals surface area contributed by atoms with Gasteiger partial charge in [-0.3, -0.25) is 4.99 Å². The van der Waals surface area contributed by atoms with Crippen molar-refractivity contribution in [3.05, 3.63) is 0 Å². The normalized spacial score (nSPS) is 12.2. The molecule has 2 N–H and O–H groups in total. The molecule has 0 aliphatic heterocycles. The molecule has 0 aromatic heterocycles. The maximum Gasteiger partial charge on any atom is 0.191 e. The number of guanidine groups is 1. The van der Waals surface area contributed by atoms with Gasteiger partial charge in [-0.15, -0.1) is 0 Å². The lowest BCUT2D eigenvalue weighted by Gasteiger charge is -2.22. The molecule has 84 valence electrons. The van der Waals surface area contributed by atoms with Crippen molar-refractivity contribution in [3.63, 3.8) is 0 Å². The molecule has 0 aliphatic rings. The van der Waals surface area contributed by atoms with Crippen molar-refractivity contribution < 1.29 is 0 Å². The third kappa shape index (κ3) is 5.84. The van der Waals surface area contributed by atoms with Gasteiger partial charge in [-0.05, 0) is 18.8 Å². The molecule has 0 aliphatic carbocycles. The van der Waals surface area contributed by atoms with Crippen molar-refractivity contribution >= 4 is 5.96 Å². The maximum atomic E-state index is 5.91. The molecule has 0 saturated carbocycles. The lowest BCUT2D eigenvalue weighted by Crippen LogP contribution is -2.38. The minimum atomic E-state index is 0.582. The Morgan fingerprint density at radius 2 is 1.71 bits per heavy atom. The summed E-state index contributed by atoms with van der Waals surface area (Å²) in [4.78, 5) is 6.55. The molecule has 0 unspecified atom stereocenters. The van der Waals surface area contributed by atoms with E-state index >= 15 is 0 Å². The number of hydrogen-bond acceptors (Lipinski definition) is 1. The van der Waals surface area contributed by atoms with Crippen LogP contribution >= 0.6 is 0 Å². The van der Waals surface area contributed by atoms with Crippen LogP contribution in [0.2, 0.25) is 0 Å². The Kier molecular flexibility index (Phi) is 7.25. The summed E-state index contributed by atoms with van der Waals surface area (Å²) < 4.78 is 0. The Bertz CT molecular complexity index is 158. The van der Waals surface area contributed by atoms with Crippen LogP contribution in [0.5, 0.6) is 0 Å². The predicted molar refractivity (Wildman–Crippen MR) is 63.5 cm³/mol. The van der Waals surface area contributed by atoms with Gasteiger partial charge >= 0.3 is 0 Å². The van der Waals surface area contributed by atoms with E-state index in [2.05, 4.69) is 37.6 Å². The van der Waals surface area contributed by atoms with Crippen LogP contribution in [0, 0.1) is 5.92 Å². The van der Waals surface area contributed by atoms with Gasteiger partial charge in [-0.25, -0.2) is 0 Å². The number of aliphatic imine (C=N–C) groups is 1. The van der Waals surface area contributed by atoms with E-state index in [4.69, 9.17) is 5.73 Å². The van der Waals surface area contributed by atoms with Crippen LogP contribution in [-0.2, 0) is 0 Å². The molecule has 0 spiro atoms. The number of hydrogen-bond donors (Lipinski definition) is 1. The zero-order valence-corrected chi connectivity index (χ0v) is 10.1. The Hall–Kier alpha value is -0.730. The van der Waals surface area contributed by atoms with Crippen molar-refractivity contribution in [1.82, 2.24) is 4.90 Å². The van der Waals surface area contributed by atoms with Gasteiger partial charge in [0.2, 0.25) is 0 Å². The zero-order chi connectivity index (χ0) is 11.0. The summed E-state index contributed by atoms with van der Waals surface area (Å²) in [6.07, 6.45) is 2.25. The van der Waals surface area contributed by atoms with Crippen molar-refractivity contribution in [2.45, 2.75) is 40.5 Å². The number of nitrogens with zero attached hydrogens (tertiary/aromatic N) is 2. The molecule has 3 heteroatoms. The topological polar surface area (TPSA) is 41.6 Å². The smallest absolute Gasteiger partial charge is 0.191 e. The van der Waals surface area contributed by atoms with Gasteiger partial charge in [0, 0.05) is 19.6 Å². The maximum absolute atomic E-state index is 5.91. The second-order valence-electron chi connectivity index (χ2n) is 4.08. The Balaban J connectivity index is 4.11. The summed E-state index contributed by atoms with van der Waals surface area (Å²) in [6.45, 7) is 11.5. The molecule has 0 bridgehead atoms. The van der Waals surface area contributed by atoms with Crippen molar-refractivity contribution in [2.75, 3.05) is 19.6 Å². The Morgan fingerprint density at radius 1 is 1.21 bits per heavy atom. The van der Waals surface area contributed by atoms with Gasteiger partial charge in [0.05, 0.1) is 0 Å². The molecule has 0 rings (SSSR count). The van der Waals surface area contributed by atoms with E-state index in [0.29, 0.717) is 11.9 Å². The minimum Gasteiger partial charge on any atom is -0.370 e. The first-order valence-corrected chi connectivity index (χ1v) is 5.66. The molecule has 14 heavy (non-hydrogen) atoms. The molecule has 0 aromatic carbocycles. The molecule has 0 fully saturated rings.